The van der Waals surface area contributed by atoms with Crippen molar-refractivity contribution in [1.29, 1.82) is 0 Å². The first-order chi connectivity index (χ1) is 6.18. The second-order valence-corrected chi connectivity index (χ2v) is 3.50. The normalized spacial score (nSPS) is 9.69. The van der Waals surface area contributed by atoms with Crippen LogP contribution in [0.2, 0.25) is 0 Å². The van der Waals surface area contributed by atoms with Crippen LogP contribution in [0.15, 0.2) is 36.4 Å². The number of hydrogen-bond donors (Lipinski definition) is 1. The first kappa shape index (κ1) is 9.85. The molecule has 0 aliphatic carbocycles. The van der Waals surface area contributed by atoms with Gasteiger partial charge in [-0.15, -0.1) is 6.58 Å². The second-order valence-electron chi connectivity index (χ2n) is 3.50. The third kappa shape index (κ3) is 3.79. The molecular weight excluding hydrogens is 158 g/mol. The molecule has 1 aromatic carbocycles. The van der Waals surface area contributed by atoms with E-state index < -0.39 is 0 Å². The first-order valence-electron chi connectivity index (χ1n) is 4.63. The highest BCUT2D eigenvalue weighted by Gasteiger charge is 1.90. The molecule has 1 N–H and O–H groups in total. The smallest absolute Gasteiger partial charge is 0.0340 e. The minimum atomic E-state index is 0.971. The molecule has 70 valence electrons. The summed E-state index contributed by atoms with van der Waals surface area (Å²) in [5.74, 6) is 0. The van der Waals surface area contributed by atoms with E-state index in [9.17, 15) is 0 Å². The molecular formula is C12H17N. The van der Waals surface area contributed by atoms with Crippen molar-refractivity contribution >= 4 is 5.69 Å². The molecule has 0 aliphatic heterocycles. The zero-order valence-electron chi connectivity index (χ0n) is 8.43. The average Bonchev–Trinajstić information content (AvgIpc) is 2.08. The van der Waals surface area contributed by atoms with E-state index in [0.29, 0.717) is 0 Å². The maximum Gasteiger partial charge on any atom is 0.0340 e. The average molecular weight is 175 g/mol. The van der Waals surface area contributed by atoms with Gasteiger partial charge in [0, 0.05) is 12.2 Å². The number of benzene rings is 1. The van der Waals surface area contributed by atoms with Crippen molar-refractivity contribution in [3.05, 3.63) is 42.0 Å². The molecule has 1 heteroatoms. The Labute approximate surface area is 80.5 Å². The highest BCUT2D eigenvalue weighted by molar-refractivity contribution is 5.44. The number of aryl methyl sites for hydroxylation is 1. The Kier molecular flexibility index (Phi) is 3.56. The van der Waals surface area contributed by atoms with E-state index in [1.54, 1.807) is 0 Å². The Morgan fingerprint density at radius 3 is 2.46 bits per heavy atom. The Balaban J connectivity index is 2.37. The summed E-state index contributed by atoms with van der Waals surface area (Å²) in [6, 6.07) is 8.44. The number of nitrogens with one attached hydrogen (secondary N) is 1. The second kappa shape index (κ2) is 4.70. The van der Waals surface area contributed by atoms with Crippen LogP contribution in [0.25, 0.3) is 0 Å². The predicted octanol–water partition coefficient (Wildman–Crippen LogP) is 3.37. The van der Waals surface area contributed by atoms with E-state index in [-0.39, 0.29) is 0 Å². The molecule has 13 heavy (non-hydrogen) atoms. The van der Waals surface area contributed by atoms with Gasteiger partial charge in [-0.3, -0.25) is 0 Å². The fourth-order valence-electron chi connectivity index (χ4n) is 1.09. The van der Waals surface area contributed by atoms with Gasteiger partial charge in [0.15, 0.2) is 0 Å². The Hall–Kier alpha value is -1.24. The molecule has 0 aliphatic rings. The van der Waals surface area contributed by atoms with Crippen LogP contribution in [-0.2, 0) is 0 Å². The van der Waals surface area contributed by atoms with E-state index in [0.717, 1.165) is 13.0 Å². The predicted molar refractivity (Wildman–Crippen MR) is 59.1 cm³/mol. The molecule has 0 atom stereocenters. The maximum atomic E-state index is 3.86. The number of hydrogen-bond acceptors (Lipinski definition) is 1. The van der Waals surface area contributed by atoms with E-state index in [4.69, 9.17) is 0 Å². The Morgan fingerprint density at radius 2 is 1.92 bits per heavy atom. The molecule has 0 aromatic heterocycles. The van der Waals surface area contributed by atoms with Crippen LogP contribution in [-0.4, -0.2) is 6.54 Å². The lowest BCUT2D eigenvalue weighted by Crippen LogP contribution is -2.01. The standard InChI is InChI=1S/C12H17N/c1-10(2)8-9-13-12-6-4-11(3)5-7-12/h4-7,13H,1,8-9H2,2-3H3. The minimum Gasteiger partial charge on any atom is -0.385 e. The lowest BCUT2D eigenvalue weighted by Gasteiger charge is -2.05. The van der Waals surface area contributed by atoms with Gasteiger partial charge in [-0.05, 0) is 32.4 Å². The highest BCUT2D eigenvalue weighted by Crippen LogP contribution is 2.08. The SMILES string of the molecule is C=C(C)CCNc1ccc(C)cc1. The Bertz CT molecular complexity index is 272. The van der Waals surface area contributed by atoms with Crippen LogP contribution in [0.5, 0.6) is 0 Å². The van der Waals surface area contributed by atoms with Crippen LogP contribution < -0.4 is 5.32 Å². The Morgan fingerprint density at radius 1 is 1.31 bits per heavy atom. The van der Waals surface area contributed by atoms with Gasteiger partial charge in [0.25, 0.3) is 0 Å². The van der Waals surface area contributed by atoms with Gasteiger partial charge >= 0.3 is 0 Å². The van der Waals surface area contributed by atoms with Gasteiger partial charge in [0.05, 0.1) is 0 Å². The summed E-state index contributed by atoms with van der Waals surface area (Å²) in [4.78, 5) is 0. The van der Waals surface area contributed by atoms with Crippen LogP contribution in [0, 0.1) is 6.92 Å². The van der Waals surface area contributed by atoms with Gasteiger partial charge in [-0.25, -0.2) is 0 Å². The fraction of sp³-hybridized carbons (Fsp3) is 0.333. The molecule has 0 saturated carbocycles. The summed E-state index contributed by atoms with van der Waals surface area (Å²) in [5, 5.41) is 3.34. The zero-order chi connectivity index (χ0) is 9.68. The number of anilines is 1. The van der Waals surface area contributed by atoms with Gasteiger partial charge in [-0.1, -0.05) is 23.3 Å². The van der Waals surface area contributed by atoms with Crippen molar-refractivity contribution < 1.29 is 0 Å². The molecule has 1 aromatic rings. The van der Waals surface area contributed by atoms with Crippen LogP contribution >= 0.6 is 0 Å². The molecule has 0 heterocycles. The van der Waals surface area contributed by atoms with Gasteiger partial charge in [0.2, 0.25) is 0 Å². The maximum absolute atomic E-state index is 3.86. The van der Waals surface area contributed by atoms with Crippen molar-refractivity contribution in [3.63, 3.8) is 0 Å². The number of rotatable bonds is 4. The van der Waals surface area contributed by atoms with Crippen molar-refractivity contribution in [2.45, 2.75) is 20.3 Å². The fourth-order valence-corrected chi connectivity index (χ4v) is 1.09. The zero-order valence-corrected chi connectivity index (χ0v) is 8.43. The van der Waals surface area contributed by atoms with Crippen LogP contribution in [0.3, 0.4) is 0 Å². The molecule has 0 radical (unpaired) electrons. The largest absolute Gasteiger partial charge is 0.385 e. The van der Waals surface area contributed by atoms with E-state index in [1.165, 1.54) is 16.8 Å². The summed E-state index contributed by atoms with van der Waals surface area (Å²) in [7, 11) is 0. The first-order valence-corrected chi connectivity index (χ1v) is 4.63. The summed E-state index contributed by atoms with van der Waals surface area (Å²) < 4.78 is 0. The van der Waals surface area contributed by atoms with Gasteiger partial charge < -0.3 is 5.32 Å². The molecule has 0 fully saturated rings. The lowest BCUT2D eigenvalue weighted by molar-refractivity contribution is 1.00. The quantitative estimate of drug-likeness (QED) is 0.692. The molecule has 0 spiro atoms. The summed E-state index contributed by atoms with van der Waals surface area (Å²) in [5.41, 5.74) is 3.71. The van der Waals surface area contributed by atoms with Crippen LogP contribution in [0.1, 0.15) is 18.9 Å². The lowest BCUT2D eigenvalue weighted by atomic mass is 10.2. The van der Waals surface area contributed by atoms with E-state index in [2.05, 4.69) is 50.0 Å². The van der Waals surface area contributed by atoms with Crippen molar-refractivity contribution in [2.75, 3.05) is 11.9 Å². The van der Waals surface area contributed by atoms with Crippen LogP contribution in [0.4, 0.5) is 5.69 Å². The van der Waals surface area contributed by atoms with E-state index >= 15 is 0 Å². The monoisotopic (exact) mass is 175 g/mol. The molecule has 0 saturated heterocycles. The van der Waals surface area contributed by atoms with E-state index in [1.807, 2.05) is 0 Å². The summed E-state index contributed by atoms with van der Waals surface area (Å²) in [6.07, 6.45) is 1.04. The molecule has 0 unspecified atom stereocenters. The third-order valence-corrected chi connectivity index (χ3v) is 1.93. The molecule has 1 rings (SSSR count). The van der Waals surface area contributed by atoms with Crippen molar-refractivity contribution in [2.24, 2.45) is 0 Å². The van der Waals surface area contributed by atoms with Gasteiger partial charge in [0.1, 0.15) is 0 Å². The topological polar surface area (TPSA) is 12.0 Å². The summed E-state index contributed by atoms with van der Waals surface area (Å²) in [6.45, 7) is 8.98. The molecule has 0 bridgehead atoms. The van der Waals surface area contributed by atoms with Crippen molar-refractivity contribution in [1.82, 2.24) is 0 Å². The minimum absolute atomic E-state index is 0.971. The van der Waals surface area contributed by atoms with Gasteiger partial charge in [-0.2, -0.15) is 0 Å². The molecule has 1 nitrogen and oxygen atoms in total. The summed E-state index contributed by atoms with van der Waals surface area (Å²) >= 11 is 0. The third-order valence-electron chi connectivity index (χ3n) is 1.93. The van der Waals surface area contributed by atoms with Crippen molar-refractivity contribution in [3.8, 4) is 0 Å². The molecule has 0 amide bonds. The highest BCUT2D eigenvalue weighted by atomic mass is 14.9.